The Balaban J connectivity index is 0.000000461. The molecule has 1 aromatic heterocycles. The SMILES string of the molecule is CC.CNc1nn(C)cc1C. The normalized spacial score (nSPS) is 8.45. The van der Waals surface area contributed by atoms with Crippen LogP contribution in [-0.2, 0) is 7.05 Å². The summed E-state index contributed by atoms with van der Waals surface area (Å²) in [7, 11) is 3.78. The number of aryl methyl sites for hydroxylation is 2. The number of rotatable bonds is 1. The van der Waals surface area contributed by atoms with E-state index in [9.17, 15) is 0 Å². The van der Waals surface area contributed by atoms with Crippen molar-refractivity contribution >= 4 is 5.82 Å². The fourth-order valence-corrected chi connectivity index (χ4v) is 0.854. The van der Waals surface area contributed by atoms with Gasteiger partial charge >= 0.3 is 0 Å². The van der Waals surface area contributed by atoms with Crippen molar-refractivity contribution in [3.8, 4) is 0 Å². The molecule has 3 nitrogen and oxygen atoms in total. The molecule has 0 aromatic carbocycles. The Labute approximate surface area is 68.4 Å². The Bertz CT molecular complexity index is 203. The molecule has 64 valence electrons. The van der Waals surface area contributed by atoms with E-state index in [4.69, 9.17) is 0 Å². The summed E-state index contributed by atoms with van der Waals surface area (Å²) >= 11 is 0. The summed E-state index contributed by atoms with van der Waals surface area (Å²) in [6.45, 7) is 6.03. The third kappa shape index (κ3) is 2.62. The molecule has 0 saturated heterocycles. The molecular weight excluding hydrogens is 138 g/mol. The second kappa shape index (κ2) is 4.77. The van der Waals surface area contributed by atoms with Gasteiger partial charge in [0.1, 0.15) is 0 Å². The Kier molecular flexibility index (Phi) is 4.34. The number of anilines is 1. The molecule has 3 heteroatoms. The van der Waals surface area contributed by atoms with E-state index >= 15 is 0 Å². The Morgan fingerprint density at radius 3 is 2.18 bits per heavy atom. The molecule has 1 heterocycles. The predicted molar refractivity (Wildman–Crippen MR) is 48.8 cm³/mol. The molecule has 0 aliphatic rings. The Hall–Kier alpha value is -0.990. The zero-order chi connectivity index (χ0) is 8.85. The van der Waals surface area contributed by atoms with E-state index in [1.807, 2.05) is 41.1 Å². The summed E-state index contributed by atoms with van der Waals surface area (Å²) in [5, 5.41) is 7.12. The van der Waals surface area contributed by atoms with Gasteiger partial charge in [0.25, 0.3) is 0 Å². The molecule has 0 bridgehead atoms. The van der Waals surface area contributed by atoms with Crippen molar-refractivity contribution in [1.29, 1.82) is 0 Å². The summed E-state index contributed by atoms with van der Waals surface area (Å²) in [6, 6.07) is 0. The van der Waals surface area contributed by atoms with Gasteiger partial charge in [-0.15, -0.1) is 0 Å². The third-order valence-electron chi connectivity index (χ3n) is 1.25. The van der Waals surface area contributed by atoms with Crippen LogP contribution in [0.4, 0.5) is 5.82 Å². The summed E-state index contributed by atoms with van der Waals surface area (Å²) in [5.74, 6) is 0.956. The molecule has 1 rings (SSSR count). The molecule has 0 atom stereocenters. The first kappa shape index (κ1) is 10.0. The summed E-state index contributed by atoms with van der Waals surface area (Å²) in [4.78, 5) is 0. The number of hydrogen-bond donors (Lipinski definition) is 1. The highest BCUT2D eigenvalue weighted by atomic mass is 15.3. The molecule has 0 radical (unpaired) electrons. The van der Waals surface area contributed by atoms with Crippen molar-refractivity contribution in [1.82, 2.24) is 9.78 Å². The van der Waals surface area contributed by atoms with Crippen LogP contribution in [0.5, 0.6) is 0 Å². The molecule has 0 aliphatic heterocycles. The number of nitrogens with one attached hydrogen (secondary N) is 1. The van der Waals surface area contributed by atoms with E-state index in [0.717, 1.165) is 5.82 Å². The van der Waals surface area contributed by atoms with Gasteiger partial charge in [-0.25, -0.2) is 0 Å². The van der Waals surface area contributed by atoms with Crippen LogP contribution in [0.15, 0.2) is 6.20 Å². The fourth-order valence-electron chi connectivity index (χ4n) is 0.854. The van der Waals surface area contributed by atoms with E-state index in [1.165, 1.54) is 5.56 Å². The second-order valence-corrected chi connectivity index (χ2v) is 2.08. The average molecular weight is 155 g/mol. The maximum Gasteiger partial charge on any atom is 0.150 e. The lowest BCUT2D eigenvalue weighted by atomic mass is 10.4. The minimum absolute atomic E-state index is 0.956. The Morgan fingerprint density at radius 1 is 1.45 bits per heavy atom. The quantitative estimate of drug-likeness (QED) is 0.670. The van der Waals surface area contributed by atoms with E-state index in [2.05, 4.69) is 10.4 Å². The van der Waals surface area contributed by atoms with Crippen LogP contribution in [0.1, 0.15) is 19.4 Å². The van der Waals surface area contributed by atoms with Crippen LogP contribution >= 0.6 is 0 Å². The molecule has 0 fully saturated rings. The summed E-state index contributed by atoms with van der Waals surface area (Å²) in [5.41, 5.74) is 1.18. The smallest absolute Gasteiger partial charge is 0.150 e. The van der Waals surface area contributed by atoms with Crippen molar-refractivity contribution in [2.75, 3.05) is 12.4 Å². The number of aromatic nitrogens is 2. The highest BCUT2D eigenvalue weighted by Crippen LogP contribution is 2.07. The molecule has 0 saturated carbocycles. The summed E-state index contributed by atoms with van der Waals surface area (Å²) < 4.78 is 1.79. The van der Waals surface area contributed by atoms with Gasteiger partial charge in [0.15, 0.2) is 5.82 Å². The standard InChI is InChI=1S/C6H11N3.C2H6/c1-5-4-9(3)8-6(5)7-2;1-2/h4H,1-3H3,(H,7,8);1-2H3. The van der Waals surface area contributed by atoms with E-state index < -0.39 is 0 Å². The van der Waals surface area contributed by atoms with Gasteiger partial charge in [0, 0.05) is 25.9 Å². The topological polar surface area (TPSA) is 29.9 Å². The van der Waals surface area contributed by atoms with Crippen LogP contribution in [0.3, 0.4) is 0 Å². The molecule has 0 aliphatic carbocycles. The van der Waals surface area contributed by atoms with Gasteiger partial charge in [-0.1, -0.05) is 13.8 Å². The predicted octanol–water partition coefficient (Wildman–Crippen LogP) is 1.80. The highest BCUT2D eigenvalue weighted by Gasteiger charge is 1.97. The second-order valence-electron chi connectivity index (χ2n) is 2.08. The van der Waals surface area contributed by atoms with Crippen molar-refractivity contribution in [2.24, 2.45) is 7.05 Å². The number of hydrogen-bond acceptors (Lipinski definition) is 2. The van der Waals surface area contributed by atoms with Crippen molar-refractivity contribution in [3.05, 3.63) is 11.8 Å². The lowest BCUT2D eigenvalue weighted by Crippen LogP contribution is -1.92. The molecule has 0 spiro atoms. The van der Waals surface area contributed by atoms with Crippen LogP contribution < -0.4 is 5.32 Å². The first-order chi connectivity index (χ1) is 5.24. The Morgan fingerprint density at radius 2 is 2.00 bits per heavy atom. The van der Waals surface area contributed by atoms with E-state index in [0.29, 0.717) is 0 Å². The fraction of sp³-hybridized carbons (Fsp3) is 0.625. The van der Waals surface area contributed by atoms with Gasteiger partial charge in [-0.05, 0) is 6.92 Å². The third-order valence-corrected chi connectivity index (χ3v) is 1.25. The number of nitrogens with zero attached hydrogens (tertiary/aromatic N) is 2. The van der Waals surface area contributed by atoms with Crippen molar-refractivity contribution in [2.45, 2.75) is 20.8 Å². The highest BCUT2D eigenvalue weighted by molar-refractivity contribution is 5.40. The van der Waals surface area contributed by atoms with Gasteiger partial charge in [0.05, 0.1) is 0 Å². The van der Waals surface area contributed by atoms with Crippen molar-refractivity contribution in [3.63, 3.8) is 0 Å². The largest absolute Gasteiger partial charge is 0.371 e. The lowest BCUT2D eigenvalue weighted by molar-refractivity contribution is 0.770. The van der Waals surface area contributed by atoms with Crippen LogP contribution in [-0.4, -0.2) is 16.8 Å². The van der Waals surface area contributed by atoms with Crippen molar-refractivity contribution < 1.29 is 0 Å². The zero-order valence-electron chi connectivity index (χ0n) is 7.97. The molecule has 0 amide bonds. The van der Waals surface area contributed by atoms with Gasteiger partial charge in [-0.2, -0.15) is 5.10 Å². The monoisotopic (exact) mass is 155 g/mol. The van der Waals surface area contributed by atoms with Crippen LogP contribution in [0.2, 0.25) is 0 Å². The van der Waals surface area contributed by atoms with E-state index in [-0.39, 0.29) is 0 Å². The maximum absolute atomic E-state index is 4.13. The molecular formula is C8H17N3. The first-order valence-electron chi connectivity index (χ1n) is 3.92. The molecule has 1 N–H and O–H groups in total. The van der Waals surface area contributed by atoms with Gasteiger partial charge in [-0.3, -0.25) is 4.68 Å². The minimum atomic E-state index is 0.956. The molecule has 1 aromatic rings. The zero-order valence-corrected chi connectivity index (χ0v) is 7.97. The van der Waals surface area contributed by atoms with Gasteiger partial charge < -0.3 is 5.32 Å². The maximum atomic E-state index is 4.13. The van der Waals surface area contributed by atoms with Gasteiger partial charge in [0.2, 0.25) is 0 Å². The van der Waals surface area contributed by atoms with E-state index in [1.54, 1.807) is 4.68 Å². The molecule has 0 unspecified atom stereocenters. The van der Waals surface area contributed by atoms with Crippen LogP contribution in [0, 0.1) is 6.92 Å². The lowest BCUT2D eigenvalue weighted by Gasteiger charge is -1.90. The minimum Gasteiger partial charge on any atom is -0.371 e. The van der Waals surface area contributed by atoms with Crippen LogP contribution in [0.25, 0.3) is 0 Å². The average Bonchev–Trinajstić information content (AvgIpc) is 2.33. The molecule has 11 heavy (non-hydrogen) atoms. The summed E-state index contributed by atoms with van der Waals surface area (Å²) in [6.07, 6.45) is 1.98. The first-order valence-corrected chi connectivity index (χ1v) is 3.92.